The minimum absolute atomic E-state index is 0.208. The van der Waals surface area contributed by atoms with Crippen LogP contribution in [0.25, 0.3) is 0 Å². The fourth-order valence-electron chi connectivity index (χ4n) is 4.50. The summed E-state index contributed by atoms with van der Waals surface area (Å²) in [5.74, 6) is -0.0326. The minimum Gasteiger partial charge on any atom is -0.474 e. The number of hydrogen-bond acceptors (Lipinski definition) is 6. The first-order valence-corrected chi connectivity index (χ1v) is 11.2. The van der Waals surface area contributed by atoms with Crippen molar-refractivity contribution in [3.8, 4) is 5.88 Å². The van der Waals surface area contributed by atoms with E-state index in [-0.39, 0.29) is 30.4 Å². The van der Waals surface area contributed by atoms with Gasteiger partial charge < -0.3 is 20.1 Å². The number of carbonyl (C=O) groups excluding carboxylic acids is 3. The predicted octanol–water partition coefficient (Wildman–Crippen LogP) is 2.96. The highest BCUT2D eigenvalue weighted by molar-refractivity contribution is 6.10. The second-order valence-corrected chi connectivity index (χ2v) is 9.27. The number of methoxy groups -OCH3 is 1. The Morgan fingerprint density at radius 3 is 2.69 bits per heavy atom. The minimum atomic E-state index is -0.888. The number of amides is 4. The lowest BCUT2D eigenvalue weighted by Crippen LogP contribution is -2.51. The van der Waals surface area contributed by atoms with Crippen molar-refractivity contribution in [1.82, 2.24) is 15.2 Å². The first kappa shape index (κ1) is 24.0. The molecule has 1 saturated carbocycles. The molecule has 0 radical (unpaired) electrons. The van der Waals surface area contributed by atoms with Crippen molar-refractivity contribution in [2.45, 2.75) is 58.4 Å². The van der Waals surface area contributed by atoms with Gasteiger partial charge in [-0.1, -0.05) is 27.2 Å². The van der Waals surface area contributed by atoms with Crippen LogP contribution >= 0.6 is 0 Å². The Morgan fingerprint density at radius 1 is 1.31 bits per heavy atom. The second kappa shape index (κ2) is 9.85. The number of imide groups is 1. The van der Waals surface area contributed by atoms with E-state index in [1.165, 1.54) is 0 Å². The van der Waals surface area contributed by atoms with E-state index in [0.29, 0.717) is 31.1 Å². The van der Waals surface area contributed by atoms with E-state index >= 15 is 0 Å². The molecule has 176 valence electrons. The van der Waals surface area contributed by atoms with Gasteiger partial charge in [0.25, 0.3) is 5.91 Å². The molecule has 1 aliphatic heterocycles. The number of pyridine rings is 1. The molecule has 0 bridgehead atoms. The van der Waals surface area contributed by atoms with Crippen LogP contribution in [-0.2, 0) is 14.3 Å². The third-order valence-corrected chi connectivity index (χ3v) is 6.97. The first-order chi connectivity index (χ1) is 15.2. The number of rotatable bonds is 9. The van der Waals surface area contributed by atoms with Gasteiger partial charge in [0, 0.05) is 13.3 Å². The number of urea groups is 1. The van der Waals surface area contributed by atoms with Crippen LogP contribution in [0, 0.1) is 11.3 Å². The molecule has 2 heterocycles. The van der Waals surface area contributed by atoms with Gasteiger partial charge in [0.2, 0.25) is 11.8 Å². The van der Waals surface area contributed by atoms with Crippen molar-refractivity contribution in [2.75, 3.05) is 32.2 Å². The lowest BCUT2D eigenvalue weighted by Gasteiger charge is -2.42. The zero-order valence-electron chi connectivity index (χ0n) is 19.4. The van der Waals surface area contributed by atoms with Gasteiger partial charge in [0.1, 0.15) is 24.4 Å². The van der Waals surface area contributed by atoms with Crippen LogP contribution in [0.1, 0.15) is 52.9 Å². The molecule has 9 heteroatoms. The summed E-state index contributed by atoms with van der Waals surface area (Å²) in [6.45, 7) is 7.00. The van der Waals surface area contributed by atoms with Gasteiger partial charge in [0.15, 0.2) is 0 Å². The molecule has 2 aliphatic rings. The highest BCUT2D eigenvalue weighted by Crippen LogP contribution is 2.45. The van der Waals surface area contributed by atoms with E-state index in [0.717, 1.165) is 24.2 Å². The van der Waals surface area contributed by atoms with E-state index in [1.54, 1.807) is 25.4 Å². The average molecular weight is 447 g/mol. The summed E-state index contributed by atoms with van der Waals surface area (Å²) in [6, 6.07) is 2.80. The Labute approximate surface area is 189 Å². The molecule has 32 heavy (non-hydrogen) atoms. The Balaban J connectivity index is 1.61. The molecule has 1 saturated heterocycles. The van der Waals surface area contributed by atoms with Gasteiger partial charge in [-0.2, -0.15) is 0 Å². The molecule has 1 spiro atoms. The molecule has 2 N–H and O–H groups in total. The van der Waals surface area contributed by atoms with Crippen LogP contribution < -0.4 is 15.4 Å². The second-order valence-electron chi connectivity index (χ2n) is 9.27. The predicted molar refractivity (Wildman–Crippen MR) is 119 cm³/mol. The number of nitrogens with zero attached hydrogens (tertiary/aromatic N) is 2. The zero-order valence-corrected chi connectivity index (χ0v) is 19.4. The van der Waals surface area contributed by atoms with E-state index in [2.05, 4.69) is 36.4 Å². The van der Waals surface area contributed by atoms with Crippen molar-refractivity contribution in [1.29, 1.82) is 0 Å². The SMILES string of the molecule is CCC(C)(C)C1CCC2(CC1)NC(=O)N(CC(=O)Nc1cccnc1OCCOC)C2=O. The number of nitrogens with one attached hydrogen (secondary N) is 2. The van der Waals surface area contributed by atoms with Crippen LogP contribution in [0.4, 0.5) is 10.5 Å². The monoisotopic (exact) mass is 446 g/mol. The third kappa shape index (κ3) is 5.03. The molecule has 0 atom stereocenters. The number of aromatic nitrogens is 1. The van der Waals surface area contributed by atoms with Crippen LogP contribution in [0.3, 0.4) is 0 Å². The van der Waals surface area contributed by atoms with Crippen molar-refractivity contribution >= 4 is 23.5 Å². The maximum Gasteiger partial charge on any atom is 0.325 e. The van der Waals surface area contributed by atoms with Gasteiger partial charge in [-0.05, 0) is 49.1 Å². The average Bonchev–Trinajstić information content (AvgIpc) is 2.99. The summed E-state index contributed by atoms with van der Waals surface area (Å²) >= 11 is 0. The van der Waals surface area contributed by atoms with Crippen molar-refractivity contribution in [2.24, 2.45) is 11.3 Å². The number of hydrogen-bond donors (Lipinski definition) is 2. The highest BCUT2D eigenvalue weighted by Gasteiger charge is 2.53. The quantitative estimate of drug-likeness (QED) is 0.446. The summed E-state index contributed by atoms with van der Waals surface area (Å²) < 4.78 is 10.5. The Kier molecular flexibility index (Phi) is 7.38. The normalized spacial score (nSPS) is 23.4. The zero-order chi connectivity index (χ0) is 23.4. The Morgan fingerprint density at radius 2 is 2.03 bits per heavy atom. The van der Waals surface area contributed by atoms with Crippen molar-refractivity contribution in [3.05, 3.63) is 18.3 Å². The first-order valence-electron chi connectivity index (χ1n) is 11.2. The van der Waals surface area contributed by atoms with Crippen LogP contribution in [-0.4, -0.2) is 60.1 Å². The maximum atomic E-state index is 13.2. The van der Waals surface area contributed by atoms with E-state index in [1.807, 2.05) is 0 Å². The van der Waals surface area contributed by atoms with Crippen molar-refractivity contribution in [3.63, 3.8) is 0 Å². The number of anilines is 1. The van der Waals surface area contributed by atoms with Gasteiger partial charge >= 0.3 is 6.03 Å². The molecule has 1 aromatic heterocycles. The van der Waals surface area contributed by atoms with E-state index < -0.39 is 17.5 Å². The fraction of sp³-hybridized carbons (Fsp3) is 0.652. The molecule has 1 aromatic rings. The summed E-state index contributed by atoms with van der Waals surface area (Å²) in [5, 5.41) is 5.57. The standard InChI is InChI=1S/C23H34N4O5/c1-5-22(2,3)16-8-10-23(11-9-16)20(29)27(21(30)26-23)15-18(28)25-17-7-6-12-24-19(17)32-14-13-31-4/h6-7,12,16H,5,8-11,13-15H2,1-4H3,(H,25,28)(H,26,30). The molecule has 0 unspecified atom stereocenters. The van der Waals surface area contributed by atoms with Crippen LogP contribution in [0.2, 0.25) is 0 Å². The Bertz CT molecular complexity index is 849. The molecule has 0 aromatic carbocycles. The molecule has 4 amide bonds. The maximum absolute atomic E-state index is 13.2. The van der Waals surface area contributed by atoms with Gasteiger partial charge in [-0.3, -0.25) is 14.5 Å². The van der Waals surface area contributed by atoms with Crippen LogP contribution in [0.5, 0.6) is 5.88 Å². The molecule has 3 rings (SSSR count). The Hall–Kier alpha value is -2.68. The summed E-state index contributed by atoms with van der Waals surface area (Å²) in [4.78, 5) is 43.5. The van der Waals surface area contributed by atoms with E-state index in [9.17, 15) is 14.4 Å². The van der Waals surface area contributed by atoms with Crippen LogP contribution in [0.15, 0.2) is 18.3 Å². The molecule has 1 aliphatic carbocycles. The van der Waals surface area contributed by atoms with Crippen molar-refractivity contribution < 1.29 is 23.9 Å². The number of ether oxygens (including phenoxy) is 2. The topological polar surface area (TPSA) is 110 Å². The molecule has 9 nitrogen and oxygen atoms in total. The van der Waals surface area contributed by atoms with Gasteiger partial charge in [-0.25, -0.2) is 9.78 Å². The smallest absolute Gasteiger partial charge is 0.325 e. The number of carbonyl (C=O) groups is 3. The molecule has 2 fully saturated rings. The molecular weight excluding hydrogens is 412 g/mol. The molecular formula is C23H34N4O5. The highest BCUT2D eigenvalue weighted by atomic mass is 16.5. The third-order valence-electron chi connectivity index (χ3n) is 6.97. The van der Waals surface area contributed by atoms with Gasteiger partial charge in [-0.15, -0.1) is 0 Å². The fourth-order valence-corrected chi connectivity index (χ4v) is 4.50. The summed E-state index contributed by atoms with van der Waals surface area (Å²) in [7, 11) is 1.56. The summed E-state index contributed by atoms with van der Waals surface area (Å²) in [5.41, 5.74) is -0.308. The lowest BCUT2D eigenvalue weighted by molar-refractivity contribution is -0.135. The van der Waals surface area contributed by atoms with E-state index in [4.69, 9.17) is 9.47 Å². The largest absolute Gasteiger partial charge is 0.474 e. The van der Waals surface area contributed by atoms with Gasteiger partial charge in [0.05, 0.1) is 6.61 Å². The lowest BCUT2D eigenvalue weighted by atomic mass is 9.65. The summed E-state index contributed by atoms with van der Waals surface area (Å²) in [6.07, 6.45) is 5.58.